The van der Waals surface area contributed by atoms with E-state index in [2.05, 4.69) is 0 Å². The summed E-state index contributed by atoms with van der Waals surface area (Å²) in [6.45, 7) is 0.919. The maximum atomic E-state index is 13.3. The van der Waals surface area contributed by atoms with Gasteiger partial charge in [0.05, 0.1) is 12.7 Å². The van der Waals surface area contributed by atoms with Crippen molar-refractivity contribution in [2.75, 3.05) is 14.2 Å². The molecule has 0 spiro atoms. The maximum Gasteiger partial charge on any atom is 0.205 e. The van der Waals surface area contributed by atoms with E-state index in [1.165, 1.54) is 7.11 Å². The van der Waals surface area contributed by atoms with Crippen molar-refractivity contribution in [3.63, 3.8) is 0 Å². The molecule has 148 valence electrons. The second kappa shape index (κ2) is 5.71. The van der Waals surface area contributed by atoms with Crippen LogP contribution in [-0.4, -0.2) is 91.5 Å². The lowest BCUT2D eigenvalue weighted by Gasteiger charge is -2.59. The van der Waals surface area contributed by atoms with Gasteiger partial charge in [0, 0.05) is 18.7 Å². The Morgan fingerprint density at radius 1 is 1.00 bits per heavy atom. The predicted octanol–water partition coefficient (Wildman–Crippen LogP) is -2.26. The van der Waals surface area contributed by atoms with Crippen molar-refractivity contribution in [1.82, 2.24) is 0 Å². The van der Waals surface area contributed by atoms with Gasteiger partial charge in [-0.2, -0.15) is 0 Å². The van der Waals surface area contributed by atoms with Gasteiger partial charge in [0.15, 0.2) is 11.2 Å². The van der Waals surface area contributed by atoms with E-state index in [1.54, 1.807) is 0 Å². The summed E-state index contributed by atoms with van der Waals surface area (Å²) in [6, 6.07) is 2.11. The number of aliphatic hydroxyl groups is 5. The molecule has 1 aromatic carbocycles. The number of methoxy groups -OCH3 is 2. The summed E-state index contributed by atoms with van der Waals surface area (Å²) in [4.78, 5) is 26.3. The van der Waals surface area contributed by atoms with Crippen molar-refractivity contribution >= 4 is 11.6 Å². The molecule has 3 rings (SSSR count). The van der Waals surface area contributed by atoms with Crippen molar-refractivity contribution in [1.29, 1.82) is 0 Å². The van der Waals surface area contributed by atoms with E-state index in [1.807, 2.05) is 0 Å². The number of phenolic OH excluding ortho intramolecular Hbond substituents is 1. The number of rotatable bonds is 2. The summed E-state index contributed by atoms with van der Waals surface area (Å²) in [5.41, 5.74) is -9.62. The van der Waals surface area contributed by atoms with Crippen LogP contribution < -0.4 is 4.74 Å². The lowest BCUT2D eigenvalue weighted by molar-refractivity contribution is -0.310. The number of ketones is 2. The minimum Gasteiger partial charge on any atom is -0.507 e. The number of ether oxygens (including phenoxy) is 2. The number of carbonyl (C=O) groups excluding carboxylic acids is 2. The van der Waals surface area contributed by atoms with E-state index >= 15 is 0 Å². The first-order valence-corrected chi connectivity index (χ1v) is 7.97. The number of benzene rings is 1. The fraction of sp³-hybridized carbons (Fsp3) is 0.529. The molecule has 27 heavy (non-hydrogen) atoms. The predicted molar refractivity (Wildman–Crippen MR) is 86.7 cm³/mol. The quantitative estimate of drug-likeness (QED) is 0.327. The van der Waals surface area contributed by atoms with E-state index < -0.39 is 63.6 Å². The van der Waals surface area contributed by atoms with E-state index in [4.69, 9.17) is 9.47 Å². The van der Waals surface area contributed by atoms with Gasteiger partial charge in [-0.3, -0.25) is 9.59 Å². The van der Waals surface area contributed by atoms with Crippen LogP contribution >= 0.6 is 0 Å². The van der Waals surface area contributed by atoms with Gasteiger partial charge in [0.2, 0.25) is 11.6 Å². The van der Waals surface area contributed by atoms with Crippen LogP contribution in [0.2, 0.25) is 0 Å². The fourth-order valence-electron chi connectivity index (χ4n) is 4.04. The molecule has 6 N–H and O–H groups in total. The number of phenols is 1. The molecule has 1 saturated carbocycles. The van der Waals surface area contributed by atoms with Crippen LogP contribution in [0.15, 0.2) is 12.1 Å². The second-order valence-corrected chi connectivity index (χ2v) is 6.95. The lowest BCUT2D eigenvalue weighted by atomic mass is 9.54. The number of aromatic hydroxyl groups is 1. The molecule has 2 aliphatic carbocycles. The molecule has 10 nitrogen and oxygen atoms in total. The smallest absolute Gasteiger partial charge is 0.205 e. The first-order valence-electron chi connectivity index (χ1n) is 7.97. The SMILES string of the molecule is COc1cc(O)c2c(c1)C(=O)[C@@]1(OC)[C@@H](O)[C@](C)(O)[C@H](O)[C@@H](O)[C@]1(O)C2=O. The summed E-state index contributed by atoms with van der Waals surface area (Å²) in [5, 5.41) is 63.0. The highest BCUT2D eigenvalue weighted by Gasteiger charge is 2.79. The van der Waals surface area contributed by atoms with Crippen LogP contribution in [0.5, 0.6) is 11.5 Å². The third-order valence-electron chi connectivity index (χ3n) is 5.63. The van der Waals surface area contributed by atoms with Crippen LogP contribution in [0.3, 0.4) is 0 Å². The molecule has 10 heteroatoms. The number of hydrogen-bond donors (Lipinski definition) is 6. The summed E-state index contributed by atoms with van der Waals surface area (Å²) < 4.78 is 10.0. The Bertz CT molecular complexity index is 833. The molecular weight excluding hydrogens is 364 g/mol. The van der Waals surface area contributed by atoms with Gasteiger partial charge in [-0.15, -0.1) is 0 Å². The monoisotopic (exact) mass is 384 g/mol. The number of carbonyl (C=O) groups is 2. The van der Waals surface area contributed by atoms with Crippen LogP contribution in [0.1, 0.15) is 27.6 Å². The Morgan fingerprint density at radius 2 is 1.59 bits per heavy atom. The van der Waals surface area contributed by atoms with Crippen molar-refractivity contribution in [3.8, 4) is 11.5 Å². The largest absolute Gasteiger partial charge is 0.507 e. The van der Waals surface area contributed by atoms with E-state index in [0.717, 1.165) is 26.2 Å². The van der Waals surface area contributed by atoms with E-state index in [9.17, 15) is 40.2 Å². The molecule has 0 unspecified atom stereocenters. The normalized spacial score (nSPS) is 41.1. The third-order valence-corrected chi connectivity index (χ3v) is 5.63. The van der Waals surface area contributed by atoms with E-state index in [-0.39, 0.29) is 5.75 Å². The lowest BCUT2D eigenvalue weighted by Crippen LogP contribution is -2.86. The Kier molecular flexibility index (Phi) is 4.16. The molecule has 1 fully saturated rings. The highest BCUT2D eigenvalue weighted by molar-refractivity contribution is 6.24. The minimum atomic E-state index is -3.18. The summed E-state index contributed by atoms with van der Waals surface area (Å²) in [5.74, 6) is -3.26. The molecule has 6 atom stereocenters. The first kappa shape index (κ1) is 19.7. The van der Waals surface area contributed by atoms with Gasteiger partial charge < -0.3 is 40.1 Å². The molecule has 0 bridgehead atoms. The molecule has 2 aliphatic rings. The molecule has 0 amide bonds. The molecule has 1 aromatic rings. The zero-order chi connectivity index (χ0) is 20.5. The van der Waals surface area contributed by atoms with Gasteiger partial charge >= 0.3 is 0 Å². The van der Waals surface area contributed by atoms with Gasteiger partial charge in [0.25, 0.3) is 0 Å². The molecule has 0 saturated heterocycles. The summed E-state index contributed by atoms with van der Waals surface area (Å²) in [7, 11) is 2.14. The van der Waals surface area contributed by atoms with Crippen molar-refractivity contribution in [2.24, 2.45) is 0 Å². The summed E-state index contributed by atoms with van der Waals surface area (Å²) >= 11 is 0. The fourth-order valence-corrected chi connectivity index (χ4v) is 4.04. The number of Topliss-reactive ketones (excluding diaryl/α,β-unsaturated/α-hetero) is 2. The number of fused-ring (bicyclic) bond motifs is 2. The van der Waals surface area contributed by atoms with Crippen molar-refractivity contribution in [3.05, 3.63) is 23.3 Å². The first-order chi connectivity index (χ1) is 12.4. The highest BCUT2D eigenvalue weighted by atomic mass is 16.5. The van der Waals surface area contributed by atoms with Crippen LogP contribution in [0.25, 0.3) is 0 Å². The second-order valence-electron chi connectivity index (χ2n) is 6.95. The zero-order valence-electron chi connectivity index (χ0n) is 14.7. The van der Waals surface area contributed by atoms with Crippen LogP contribution in [0.4, 0.5) is 0 Å². The number of hydrogen-bond acceptors (Lipinski definition) is 10. The van der Waals surface area contributed by atoms with Gasteiger partial charge in [-0.05, 0) is 13.0 Å². The van der Waals surface area contributed by atoms with Crippen molar-refractivity contribution in [2.45, 2.75) is 42.0 Å². The van der Waals surface area contributed by atoms with Crippen LogP contribution in [-0.2, 0) is 4.74 Å². The van der Waals surface area contributed by atoms with Gasteiger partial charge in [-0.25, -0.2) is 0 Å². The van der Waals surface area contributed by atoms with Crippen molar-refractivity contribution < 1.29 is 49.7 Å². The average molecular weight is 384 g/mol. The van der Waals surface area contributed by atoms with E-state index in [0.29, 0.717) is 0 Å². The molecule has 0 aliphatic heterocycles. The molecular formula is C17H20O10. The maximum absolute atomic E-state index is 13.3. The number of aliphatic hydroxyl groups excluding tert-OH is 3. The topological polar surface area (TPSA) is 174 Å². The Hall–Kier alpha value is -2.08. The highest BCUT2D eigenvalue weighted by Crippen LogP contribution is 2.52. The summed E-state index contributed by atoms with van der Waals surface area (Å²) in [6.07, 6.45) is -6.93. The molecule has 0 heterocycles. The zero-order valence-corrected chi connectivity index (χ0v) is 14.7. The Morgan fingerprint density at radius 3 is 2.11 bits per heavy atom. The third kappa shape index (κ3) is 1.99. The van der Waals surface area contributed by atoms with Gasteiger partial charge in [-0.1, -0.05) is 0 Å². The Balaban J connectivity index is 2.42. The average Bonchev–Trinajstić information content (AvgIpc) is 2.63. The molecule has 0 aromatic heterocycles. The standard InChI is InChI=1S/C17H20O10/c1-15(24)12(21)13(22)16(25)11(20)9-7(4-6(26-2)5-8(9)18)10(19)17(16,27-3)14(15)23/h4-5,12-14,18,21-25H,1-3H3/t12-,13-,14+,15-,16-,17-/m1/s1. The van der Waals surface area contributed by atoms with Gasteiger partial charge in [0.1, 0.15) is 35.4 Å². The van der Waals surface area contributed by atoms with Crippen LogP contribution in [0, 0.1) is 0 Å². The minimum absolute atomic E-state index is 0.00161. The Labute approximate surface area is 153 Å². The molecule has 0 radical (unpaired) electrons.